The molecule has 1 aliphatic heterocycles. The van der Waals surface area contributed by atoms with Crippen molar-refractivity contribution in [1.29, 1.82) is 0 Å². The van der Waals surface area contributed by atoms with Crippen LogP contribution >= 0.6 is 0 Å². The van der Waals surface area contributed by atoms with Crippen molar-refractivity contribution in [2.45, 2.75) is 46.1 Å². The quantitative estimate of drug-likeness (QED) is 0.659. The van der Waals surface area contributed by atoms with Gasteiger partial charge in [0, 0.05) is 29.3 Å². The second kappa shape index (κ2) is 8.34. The molecule has 2 aromatic carbocycles. The number of halogens is 2. The average molecular weight is 437 g/mol. The van der Waals surface area contributed by atoms with Gasteiger partial charge in [0.1, 0.15) is 6.61 Å². The fraction of sp³-hybridized carbons (Fsp3) is 0.308. The van der Waals surface area contributed by atoms with Crippen molar-refractivity contribution in [2.24, 2.45) is 5.41 Å². The largest absolute Gasteiger partial charge is 0.457 e. The van der Waals surface area contributed by atoms with Gasteiger partial charge in [0.25, 0.3) is 0 Å². The van der Waals surface area contributed by atoms with E-state index in [-0.39, 0.29) is 23.4 Å². The van der Waals surface area contributed by atoms with E-state index in [2.05, 4.69) is 5.32 Å². The molecular weight excluding hydrogens is 412 g/mol. The van der Waals surface area contributed by atoms with Crippen molar-refractivity contribution in [3.63, 3.8) is 0 Å². The molecule has 2 aliphatic rings. The molecule has 4 rings (SSSR count). The predicted octanol–water partition coefficient (Wildman–Crippen LogP) is 5.31. The number of ether oxygens (including phenoxy) is 1. The summed E-state index contributed by atoms with van der Waals surface area (Å²) in [5, 5.41) is 3.23. The lowest BCUT2D eigenvalue weighted by atomic mass is 9.68. The van der Waals surface area contributed by atoms with Crippen molar-refractivity contribution in [3.8, 4) is 0 Å². The van der Waals surface area contributed by atoms with Crippen molar-refractivity contribution >= 4 is 11.8 Å². The highest BCUT2D eigenvalue weighted by Crippen LogP contribution is 2.47. The van der Waals surface area contributed by atoms with Gasteiger partial charge in [-0.15, -0.1) is 0 Å². The lowest BCUT2D eigenvalue weighted by Crippen LogP contribution is -2.38. The van der Waals surface area contributed by atoms with E-state index in [9.17, 15) is 18.4 Å². The Morgan fingerprint density at radius 1 is 1.09 bits per heavy atom. The standard InChI is InChI=1S/C26H25F2NO3/c1-15-22(25(31)32-14-16-7-5-4-6-8-16)23(17-9-10-18(27)19(28)11-17)24-20(29-15)12-26(2,3)13-21(24)30/h4-11,23,29H,12-14H2,1-3H3/t23-/m0/s1. The average Bonchev–Trinajstić information content (AvgIpc) is 2.73. The number of dihydropyridines is 1. The molecule has 0 spiro atoms. The predicted molar refractivity (Wildman–Crippen MR) is 116 cm³/mol. The fourth-order valence-corrected chi connectivity index (χ4v) is 4.53. The maximum atomic E-state index is 14.1. The van der Waals surface area contributed by atoms with Crippen LogP contribution in [0.4, 0.5) is 8.78 Å². The van der Waals surface area contributed by atoms with Gasteiger partial charge < -0.3 is 10.1 Å². The summed E-state index contributed by atoms with van der Waals surface area (Å²) < 4.78 is 33.4. The summed E-state index contributed by atoms with van der Waals surface area (Å²) >= 11 is 0. The Morgan fingerprint density at radius 3 is 2.50 bits per heavy atom. The summed E-state index contributed by atoms with van der Waals surface area (Å²) in [4.78, 5) is 26.4. The molecule has 1 atom stereocenters. The van der Waals surface area contributed by atoms with Crippen LogP contribution in [0.15, 0.2) is 71.1 Å². The Balaban J connectivity index is 1.76. The Hall–Kier alpha value is -3.28. The van der Waals surface area contributed by atoms with Gasteiger partial charge in [0.2, 0.25) is 0 Å². The summed E-state index contributed by atoms with van der Waals surface area (Å²) in [5.74, 6) is -3.55. The molecule has 166 valence electrons. The molecule has 0 radical (unpaired) electrons. The minimum absolute atomic E-state index is 0.0633. The monoisotopic (exact) mass is 437 g/mol. The van der Waals surface area contributed by atoms with Crippen LogP contribution < -0.4 is 5.32 Å². The van der Waals surface area contributed by atoms with Crippen molar-refractivity contribution < 1.29 is 23.1 Å². The number of ketones is 1. The van der Waals surface area contributed by atoms with Gasteiger partial charge in [-0.1, -0.05) is 50.2 Å². The fourth-order valence-electron chi connectivity index (χ4n) is 4.53. The highest BCUT2D eigenvalue weighted by atomic mass is 19.2. The number of nitrogens with one attached hydrogen (secondary N) is 1. The second-order valence-electron chi connectivity index (χ2n) is 9.17. The summed E-state index contributed by atoms with van der Waals surface area (Å²) in [5.41, 5.74) is 2.85. The molecule has 0 saturated carbocycles. The molecule has 0 unspecified atom stereocenters. The molecule has 1 N–H and O–H groups in total. The Bertz CT molecular complexity index is 1150. The smallest absolute Gasteiger partial charge is 0.337 e. The molecule has 0 amide bonds. The zero-order chi connectivity index (χ0) is 23.0. The van der Waals surface area contributed by atoms with E-state index in [1.165, 1.54) is 6.07 Å². The number of hydrogen-bond donors (Lipinski definition) is 1. The lowest BCUT2D eigenvalue weighted by molar-refractivity contribution is -0.140. The Kier molecular flexibility index (Phi) is 5.71. The molecule has 0 bridgehead atoms. The third kappa shape index (κ3) is 4.22. The molecule has 0 aromatic heterocycles. The molecular formula is C26H25F2NO3. The van der Waals surface area contributed by atoms with Crippen LogP contribution in [0.1, 0.15) is 50.7 Å². The van der Waals surface area contributed by atoms with E-state index in [4.69, 9.17) is 4.74 Å². The van der Waals surface area contributed by atoms with E-state index in [0.29, 0.717) is 29.7 Å². The molecule has 0 saturated heterocycles. The summed E-state index contributed by atoms with van der Waals surface area (Å²) in [6, 6.07) is 12.7. The number of Topliss-reactive ketones (excluding diaryl/α,β-unsaturated/α-hetero) is 1. The summed E-state index contributed by atoms with van der Waals surface area (Å²) in [6.45, 7) is 5.81. The van der Waals surface area contributed by atoms with Gasteiger partial charge >= 0.3 is 5.97 Å². The highest BCUT2D eigenvalue weighted by molar-refractivity contribution is 6.04. The van der Waals surface area contributed by atoms with Crippen LogP contribution in [-0.2, 0) is 20.9 Å². The number of benzene rings is 2. The first kappa shape index (κ1) is 21.9. The molecule has 6 heteroatoms. The van der Waals surface area contributed by atoms with Crippen LogP contribution in [0, 0.1) is 17.0 Å². The van der Waals surface area contributed by atoms with Gasteiger partial charge in [-0.3, -0.25) is 4.79 Å². The van der Waals surface area contributed by atoms with Gasteiger partial charge in [0.05, 0.1) is 5.57 Å². The van der Waals surface area contributed by atoms with Crippen molar-refractivity contribution in [2.75, 3.05) is 0 Å². The van der Waals surface area contributed by atoms with Gasteiger partial charge in [-0.05, 0) is 42.0 Å². The number of esters is 1. The molecule has 1 heterocycles. The SMILES string of the molecule is CC1=C(C(=O)OCc2ccccc2)[C@H](c2ccc(F)c(F)c2)C2=C(CC(C)(C)CC2=O)N1. The van der Waals surface area contributed by atoms with Crippen LogP contribution in [0.5, 0.6) is 0 Å². The van der Waals surface area contributed by atoms with E-state index in [1.54, 1.807) is 6.92 Å². The van der Waals surface area contributed by atoms with Crippen LogP contribution in [0.2, 0.25) is 0 Å². The van der Waals surface area contributed by atoms with E-state index >= 15 is 0 Å². The van der Waals surface area contributed by atoms with Crippen molar-refractivity contribution in [1.82, 2.24) is 5.32 Å². The number of carbonyl (C=O) groups is 2. The minimum atomic E-state index is -1.03. The van der Waals surface area contributed by atoms with Gasteiger partial charge in [0.15, 0.2) is 17.4 Å². The number of carbonyl (C=O) groups excluding carboxylic acids is 2. The molecule has 0 fully saturated rings. The maximum absolute atomic E-state index is 14.1. The number of allylic oxidation sites excluding steroid dienone is 3. The highest BCUT2D eigenvalue weighted by Gasteiger charge is 2.43. The first-order chi connectivity index (χ1) is 15.2. The summed E-state index contributed by atoms with van der Waals surface area (Å²) in [6.07, 6.45) is 0.914. The van der Waals surface area contributed by atoms with E-state index in [1.807, 2.05) is 44.2 Å². The van der Waals surface area contributed by atoms with E-state index < -0.39 is 23.5 Å². The topological polar surface area (TPSA) is 55.4 Å². The third-order valence-electron chi connectivity index (χ3n) is 5.95. The first-order valence-corrected chi connectivity index (χ1v) is 10.6. The van der Waals surface area contributed by atoms with Gasteiger partial charge in [-0.2, -0.15) is 0 Å². The van der Waals surface area contributed by atoms with Crippen LogP contribution in [0.3, 0.4) is 0 Å². The van der Waals surface area contributed by atoms with Gasteiger partial charge in [-0.25, -0.2) is 13.6 Å². The molecule has 32 heavy (non-hydrogen) atoms. The third-order valence-corrected chi connectivity index (χ3v) is 5.95. The van der Waals surface area contributed by atoms with E-state index in [0.717, 1.165) is 23.4 Å². The first-order valence-electron chi connectivity index (χ1n) is 10.6. The molecule has 1 aliphatic carbocycles. The molecule has 4 nitrogen and oxygen atoms in total. The van der Waals surface area contributed by atoms with Crippen molar-refractivity contribution in [3.05, 3.63) is 93.8 Å². The zero-order valence-electron chi connectivity index (χ0n) is 18.3. The maximum Gasteiger partial charge on any atom is 0.337 e. The number of hydrogen-bond acceptors (Lipinski definition) is 4. The normalized spacial score (nSPS) is 20.0. The minimum Gasteiger partial charge on any atom is -0.457 e. The Labute approximate surface area is 186 Å². The van der Waals surface area contributed by atoms with Crippen LogP contribution in [-0.4, -0.2) is 11.8 Å². The zero-order valence-corrected chi connectivity index (χ0v) is 18.3. The number of rotatable bonds is 4. The van der Waals surface area contributed by atoms with Crippen LogP contribution in [0.25, 0.3) is 0 Å². The molecule has 2 aromatic rings. The summed E-state index contributed by atoms with van der Waals surface area (Å²) in [7, 11) is 0. The second-order valence-corrected chi connectivity index (χ2v) is 9.17. The lowest BCUT2D eigenvalue weighted by Gasteiger charge is -2.39. The Morgan fingerprint density at radius 2 is 1.81 bits per heavy atom.